The van der Waals surface area contributed by atoms with Crippen LogP contribution in [0.2, 0.25) is 0 Å². The Balaban J connectivity index is 1.66. The van der Waals surface area contributed by atoms with E-state index in [2.05, 4.69) is 33.8 Å². The van der Waals surface area contributed by atoms with Crippen molar-refractivity contribution in [3.05, 3.63) is 70.3 Å². The fourth-order valence-electron chi connectivity index (χ4n) is 3.96. The minimum Gasteiger partial charge on any atom is -0.362 e. The maximum absolute atomic E-state index is 12.7. The van der Waals surface area contributed by atoms with E-state index in [9.17, 15) is 10.1 Å². The number of carbonyl (C=O) groups excluding carboxylic acids is 1. The summed E-state index contributed by atoms with van der Waals surface area (Å²) in [5, 5.41) is 15.8. The van der Waals surface area contributed by atoms with Gasteiger partial charge in [0.25, 0.3) is 0 Å². The van der Waals surface area contributed by atoms with Gasteiger partial charge in [-0.15, -0.1) is 0 Å². The minimum atomic E-state index is -0.135. The van der Waals surface area contributed by atoms with E-state index in [1.54, 1.807) is 0 Å². The van der Waals surface area contributed by atoms with E-state index < -0.39 is 0 Å². The zero-order valence-electron chi connectivity index (χ0n) is 17.5. The van der Waals surface area contributed by atoms with Crippen LogP contribution in [0.3, 0.4) is 0 Å². The number of para-hydroxylation sites is 2. The van der Waals surface area contributed by atoms with Gasteiger partial charge in [-0.25, -0.2) is 4.98 Å². The number of carbonyl (C=O) groups is 1. The van der Waals surface area contributed by atoms with E-state index in [4.69, 9.17) is 0 Å². The summed E-state index contributed by atoms with van der Waals surface area (Å²) in [6.45, 7) is 8.01. The number of aromatic nitrogens is 2. The Hall–Kier alpha value is -3.85. The summed E-state index contributed by atoms with van der Waals surface area (Å²) in [6.07, 6.45) is 0. The molecule has 0 radical (unpaired) electrons. The van der Waals surface area contributed by atoms with Gasteiger partial charge in [0.15, 0.2) is 5.65 Å². The number of rotatable bonds is 4. The van der Waals surface area contributed by atoms with Crippen LogP contribution in [-0.4, -0.2) is 21.8 Å². The first-order chi connectivity index (χ1) is 14.4. The molecule has 0 aliphatic rings. The van der Waals surface area contributed by atoms with Gasteiger partial charge in [-0.1, -0.05) is 29.8 Å². The number of nitriles is 1. The first-order valence-electron chi connectivity index (χ1n) is 9.81. The highest BCUT2D eigenvalue weighted by atomic mass is 16.1. The molecule has 0 atom stereocenters. The van der Waals surface area contributed by atoms with Crippen molar-refractivity contribution in [3.63, 3.8) is 0 Å². The van der Waals surface area contributed by atoms with Crippen LogP contribution in [0.1, 0.15) is 27.8 Å². The van der Waals surface area contributed by atoms with Crippen molar-refractivity contribution in [2.45, 2.75) is 27.7 Å². The van der Waals surface area contributed by atoms with Crippen molar-refractivity contribution in [1.82, 2.24) is 9.38 Å². The average Bonchev–Trinajstić information content (AvgIpc) is 3.08. The van der Waals surface area contributed by atoms with Crippen LogP contribution in [0.25, 0.3) is 16.7 Å². The first kappa shape index (κ1) is 19.5. The van der Waals surface area contributed by atoms with Crippen LogP contribution >= 0.6 is 0 Å². The van der Waals surface area contributed by atoms with E-state index in [-0.39, 0.29) is 12.5 Å². The Morgan fingerprint density at radius 3 is 2.47 bits per heavy atom. The van der Waals surface area contributed by atoms with E-state index in [1.807, 2.05) is 62.4 Å². The van der Waals surface area contributed by atoms with Crippen LogP contribution < -0.4 is 10.6 Å². The molecule has 2 aromatic carbocycles. The third-order valence-electron chi connectivity index (χ3n) is 5.26. The average molecular weight is 397 g/mol. The van der Waals surface area contributed by atoms with Crippen molar-refractivity contribution in [3.8, 4) is 6.07 Å². The molecule has 4 rings (SSSR count). The molecule has 6 heteroatoms. The van der Waals surface area contributed by atoms with Gasteiger partial charge in [0, 0.05) is 5.69 Å². The Morgan fingerprint density at radius 2 is 1.77 bits per heavy atom. The van der Waals surface area contributed by atoms with E-state index in [0.717, 1.165) is 39.2 Å². The number of hydrogen-bond acceptors (Lipinski definition) is 4. The lowest BCUT2D eigenvalue weighted by Crippen LogP contribution is -2.23. The number of hydrogen-bond donors (Lipinski definition) is 2. The largest absolute Gasteiger partial charge is 0.362 e. The molecule has 6 nitrogen and oxygen atoms in total. The number of aryl methyl sites for hydroxylation is 4. The zero-order chi connectivity index (χ0) is 21.4. The number of nitrogens with one attached hydrogen (secondary N) is 2. The highest BCUT2D eigenvalue weighted by molar-refractivity contribution is 5.95. The van der Waals surface area contributed by atoms with Gasteiger partial charge in [-0.2, -0.15) is 5.26 Å². The van der Waals surface area contributed by atoms with E-state index >= 15 is 0 Å². The Morgan fingerprint density at radius 1 is 1.07 bits per heavy atom. The molecule has 0 saturated heterocycles. The van der Waals surface area contributed by atoms with Crippen LogP contribution in [0.5, 0.6) is 0 Å². The quantitative estimate of drug-likeness (QED) is 0.525. The van der Waals surface area contributed by atoms with Gasteiger partial charge in [-0.3, -0.25) is 9.20 Å². The van der Waals surface area contributed by atoms with Crippen molar-refractivity contribution in [1.29, 1.82) is 5.26 Å². The van der Waals surface area contributed by atoms with Gasteiger partial charge in [0.05, 0.1) is 23.1 Å². The second-order valence-electron chi connectivity index (χ2n) is 7.63. The number of amides is 1. The Bertz CT molecular complexity index is 1320. The van der Waals surface area contributed by atoms with Crippen molar-refractivity contribution in [2.75, 3.05) is 17.2 Å². The fraction of sp³-hybridized carbons (Fsp3) is 0.208. The molecule has 0 unspecified atom stereocenters. The van der Waals surface area contributed by atoms with Crippen molar-refractivity contribution < 1.29 is 4.79 Å². The predicted molar refractivity (Wildman–Crippen MR) is 120 cm³/mol. The summed E-state index contributed by atoms with van der Waals surface area (Å²) in [6, 6.07) is 16.0. The summed E-state index contributed by atoms with van der Waals surface area (Å²) in [7, 11) is 0. The highest BCUT2D eigenvalue weighted by Gasteiger charge is 2.16. The second kappa shape index (κ2) is 7.53. The number of fused-ring (bicyclic) bond motifs is 3. The smallest absolute Gasteiger partial charge is 0.243 e. The van der Waals surface area contributed by atoms with Gasteiger partial charge < -0.3 is 10.6 Å². The number of pyridine rings is 1. The van der Waals surface area contributed by atoms with E-state index in [1.165, 1.54) is 5.56 Å². The molecule has 2 N–H and O–H groups in total. The van der Waals surface area contributed by atoms with Crippen LogP contribution in [0, 0.1) is 39.0 Å². The Labute approximate surface area is 175 Å². The molecule has 30 heavy (non-hydrogen) atoms. The lowest BCUT2D eigenvalue weighted by molar-refractivity contribution is -0.114. The lowest BCUT2D eigenvalue weighted by Gasteiger charge is -2.15. The second-order valence-corrected chi connectivity index (χ2v) is 7.63. The van der Waals surface area contributed by atoms with Crippen LogP contribution in [0.4, 0.5) is 11.5 Å². The van der Waals surface area contributed by atoms with Gasteiger partial charge in [0.1, 0.15) is 11.9 Å². The summed E-state index contributed by atoms with van der Waals surface area (Å²) in [4.78, 5) is 17.3. The zero-order valence-corrected chi connectivity index (χ0v) is 17.5. The molecular formula is C24H23N5O. The minimum absolute atomic E-state index is 0.0969. The standard InChI is InChI=1S/C24H23N5O/c1-14-9-16(3)23(17(4)10-14)28-22(30)13-26-21-11-15(2)18(12-25)24-27-19-7-5-6-8-20(19)29(21)24/h5-11,26H,13H2,1-4H3,(H,28,30). The molecule has 0 aliphatic heterocycles. The van der Waals surface area contributed by atoms with Gasteiger partial charge >= 0.3 is 0 Å². The SMILES string of the molecule is Cc1cc(C)c(NC(=O)CNc2cc(C)c(C#N)c3nc4ccccc4n23)c(C)c1. The van der Waals surface area contributed by atoms with Crippen molar-refractivity contribution in [2.24, 2.45) is 0 Å². The summed E-state index contributed by atoms with van der Waals surface area (Å²) < 4.78 is 1.90. The van der Waals surface area contributed by atoms with Gasteiger partial charge in [0.2, 0.25) is 5.91 Å². The molecule has 0 aliphatic carbocycles. The highest BCUT2D eigenvalue weighted by Crippen LogP contribution is 2.27. The number of imidazole rings is 1. The third kappa shape index (κ3) is 3.35. The lowest BCUT2D eigenvalue weighted by atomic mass is 10.1. The monoisotopic (exact) mass is 397 g/mol. The summed E-state index contributed by atoms with van der Waals surface area (Å²) >= 11 is 0. The van der Waals surface area contributed by atoms with Gasteiger partial charge in [-0.05, 0) is 62.6 Å². The molecular weight excluding hydrogens is 374 g/mol. The number of nitrogens with zero attached hydrogens (tertiary/aromatic N) is 3. The molecule has 150 valence electrons. The van der Waals surface area contributed by atoms with Crippen molar-refractivity contribution >= 4 is 34.1 Å². The normalized spacial score (nSPS) is 10.9. The fourth-order valence-corrected chi connectivity index (χ4v) is 3.96. The maximum Gasteiger partial charge on any atom is 0.243 e. The molecule has 0 saturated carbocycles. The van der Waals surface area contributed by atoms with Crippen LogP contribution in [-0.2, 0) is 4.79 Å². The maximum atomic E-state index is 12.7. The molecule has 1 amide bonds. The topological polar surface area (TPSA) is 82.2 Å². The summed E-state index contributed by atoms with van der Waals surface area (Å²) in [5.74, 6) is 0.590. The number of benzene rings is 2. The number of anilines is 2. The molecule has 0 bridgehead atoms. The molecule has 4 aromatic rings. The Kier molecular flexibility index (Phi) is 4.88. The van der Waals surface area contributed by atoms with E-state index in [0.29, 0.717) is 11.2 Å². The molecule has 2 heterocycles. The third-order valence-corrected chi connectivity index (χ3v) is 5.26. The molecule has 0 spiro atoms. The van der Waals surface area contributed by atoms with Crippen LogP contribution in [0.15, 0.2) is 42.5 Å². The molecule has 0 fully saturated rings. The molecule has 2 aromatic heterocycles. The summed E-state index contributed by atoms with van der Waals surface area (Å²) in [5.41, 5.74) is 7.73. The predicted octanol–water partition coefficient (Wildman–Crippen LogP) is 4.64. The first-order valence-corrected chi connectivity index (χ1v) is 9.81.